The Morgan fingerprint density at radius 1 is 1.44 bits per heavy atom. The fourth-order valence-electron chi connectivity index (χ4n) is 1.27. The Kier molecular flexibility index (Phi) is 14.5. The lowest BCUT2D eigenvalue weighted by molar-refractivity contribution is 0.470. The average molecular weight is 339 g/mol. The van der Waals surface area contributed by atoms with Gasteiger partial charge in [-0.25, -0.2) is 0 Å². The highest BCUT2D eigenvalue weighted by molar-refractivity contribution is 14.0. The van der Waals surface area contributed by atoms with Gasteiger partial charge in [-0.3, -0.25) is 4.99 Å². The molecule has 16 heavy (non-hydrogen) atoms. The summed E-state index contributed by atoms with van der Waals surface area (Å²) in [5.74, 6) is 1.02. The van der Waals surface area contributed by atoms with E-state index in [1.165, 1.54) is 0 Å². The van der Waals surface area contributed by atoms with Crippen LogP contribution in [0, 0.1) is 0 Å². The summed E-state index contributed by atoms with van der Waals surface area (Å²) < 4.78 is 0. The molecule has 96 valence electrons. The lowest BCUT2D eigenvalue weighted by atomic mass is 10.3. The average Bonchev–Trinajstić information content (AvgIpc) is 2.24. The van der Waals surface area contributed by atoms with Crippen LogP contribution in [0.15, 0.2) is 17.6 Å². The molecule has 0 amide bonds. The molecule has 4 heteroatoms. The molecule has 0 atom stereocenters. The first kappa shape index (κ1) is 18.1. The van der Waals surface area contributed by atoms with Gasteiger partial charge in [0.25, 0.3) is 0 Å². The quantitative estimate of drug-likeness (QED) is 0.254. The molecule has 0 aliphatic carbocycles. The zero-order valence-electron chi connectivity index (χ0n) is 10.8. The summed E-state index contributed by atoms with van der Waals surface area (Å²) in [5, 5.41) is 3.29. The fourth-order valence-corrected chi connectivity index (χ4v) is 1.27. The van der Waals surface area contributed by atoms with Crippen molar-refractivity contribution < 1.29 is 0 Å². The second-order valence-corrected chi connectivity index (χ2v) is 3.59. The molecule has 3 nitrogen and oxygen atoms in total. The lowest BCUT2D eigenvalue weighted by Gasteiger charge is -2.21. The molecule has 0 aromatic heterocycles. The summed E-state index contributed by atoms with van der Waals surface area (Å²) in [7, 11) is 2.08. The number of nitrogens with one attached hydrogen (secondary N) is 1. The first-order valence-electron chi connectivity index (χ1n) is 5.86. The van der Waals surface area contributed by atoms with Crippen molar-refractivity contribution in [1.82, 2.24) is 10.2 Å². The van der Waals surface area contributed by atoms with Crippen LogP contribution in [0.1, 0.15) is 33.1 Å². The number of unbranched alkanes of at least 4 members (excludes halogenated alkanes) is 1. The van der Waals surface area contributed by atoms with E-state index in [4.69, 9.17) is 0 Å². The molecule has 0 aliphatic rings. The topological polar surface area (TPSA) is 27.6 Å². The number of hydrogen-bond acceptors (Lipinski definition) is 1. The molecular formula is C12H26IN3. The maximum absolute atomic E-state index is 4.52. The van der Waals surface area contributed by atoms with Gasteiger partial charge in [-0.05, 0) is 26.2 Å². The second-order valence-electron chi connectivity index (χ2n) is 3.59. The van der Waals surface area contributed by atoms with Crippen LogP contribution in [-0.2, 0) is 0 Å². The molecular weight excluding hydrogens is 313 g/mol. The smallest absolute Gasteiger partial charge is 0.193 e. The van der Waals surface area contributed by atoms with Gasteiger partial charge in [-0.15, -0.1) is 30.6 Å². The summed E-state index contributed by atoms with van der Waals surface area (Å²) >= 11 is 0. The van der Waals surface area contributed by atoms with E-state index in [0.29, 0.717) is 0 Å². The van der Waals surface area contributed by atoms with E-state index in [0.717, 1.165) is 44.9 Å². The molecule has 0 aliphatic heterocycles. The Bertz CT molecular complexity index is 193. The predicted molar refractivity (Wildman–Crippen MR) is 83.7 cm³/mol. The standard InChI is InChI=1S/C12H25N3.HI/c1-5-8-9-11-15(4)12(13-7-3)14-10-6-2;/h5H,1,6-11H2,2-4H3,(H,13,14);1H. The Morgan fingerprint density at radius 2 is 2.12 bits per heavy atom. The maximum Gasteiger partial charge on any atom is 0.193 e. The van der Waals surface area contributed by atoms with Crippen LogP contribution >= 0.6 is 24.0 Å². The van der Waals surface area contributed by atoms with Crippen molar-refractivity contribution in [1.29, 1.82) is 0 Å². The van der Waals surface area contributed by atoms with Crippen LogP contribution in [0.4, 0.5) is 0 Å². The van der Waals surface area contributed by atoms with E-state index < -0.39 is 0 Å². The summed E-state index contributed by atoms with van der Waals surface area (Å²) in [6.07, 6.45) is 5.26. The molecule has 0 bridgehead atoms. The van der Waals surface area contributed by atoms with E-state index in [1.54, 1.807) is 0 Å². The van der Waals surface area contributed by atoms with Crippen LogP contribution in [0.2, 0.25) is 0 Å². The van der Waals surface area contributed by atoms with Crippen LogP contribution in [0.3, 0.4) is 0 Å². The number of rotatable bonds is 7. The molecule has 0 unspecified atom stereocenters. The molecule has 0 fully saturated rings. The second kappa shape index (κ2) is 12.8. The van der Waals surface area contributed by atoms with Gasteiger partial charge in [0.05, 0.1) is 0 Å². The van der Waals surface area contributed by atoms with Crippen molar-refractivity contribution in [2.24, 2.45) is 4.99 Å². The third-order valence-electron chi connectivity index (χ3n) is 2.08. The monoisotopic (exact) mass is 339 g/mol. The summed E-state index contributed by atoms with van der Waals surface area (Å²) in [6.45, 7) is 10.8. The number of nitrogens with zero attached hydrogens (tertiary/aromatic N) is 2. The lowest BCUT2D eigenvalue weighted by Crippen LogP contribution is -2.39. The fraction of sp³-hybridized carbons (Fsp3) is 0.750. The highest BCUT2D eigenvalue weighted by Crippen LogP contribution is 1.95. The minimum Gasteiger partial charge on any atom is -0.357 e. The first-order valence-corrected chi connectivity index (χ1v) is 5.86. The van der Waals surface area contributed by atoms with Gasteiger partial charge in [0.2, 0.25) is 0 Å². The molecule has 0 aromatic rings. The zero-order chi connectivity index (χ0) is 11.5. The van der Waals surface area contributed by atoms with Crippen molar-refractivity contribution in [3.63, 3.8) is 0 Å². The molecule has 0 saturated carbocycles. The number of halogens is 1. The predicted octanol–water partition coefficient (Wildman–Crippen LogP) is 2.88. The van der Waals surface area contributed by atoms with Gasteiger partial charge in [-0.1, -0.05) is 13.0 Å². The molecule has 0 radical (unpaired) electrons. The Morgan fingerprint density at radius 3 is 2.62 bits per heavy atom. The van der Waals surface area contributed by atoms with Crippen LogP contribution in [0.5, 0.6) is 0 Å². The normalized spacial score (nSPS) is 10.6. The molecule has 0 spiro atoms. The SMILES string of the molecule is C=CCCCN(C)C(=NCCC)NCC.I. The van der Waals surface area contributed by atoms with E-state index in [1.807, 2.05) is 6.08 Å². The van der Waals surface area contributed by atoms with E-state index >= 15 is 0 Å². The first-order chi connectivity index (χ1) is 7.26. The van der Waals surface area contributed by atoms with Crippen LogP contribution in [0.25, 0.3) is 0 Å². The van der Waals surface area contributed by atoms with Crippen molar-refractivity contribution in [2.45, 2.75) is 33.1 Å². The highest BCUT2D eigenvalue weighted by Gasteiger charge is 2.03. The molecule has 1 N–H and O–H groups in total. The van der Waals surface area contributed by atoms with Gasteiger partial charge < -0.3 is 10.2 Å². The number of aliphatic imine (C=N–C) groups is 1. The highest BCUT2D eigenvalue weighted by atomic mass is 127. The van der Waals surface area contributed by atoms with E-state index in [2.05, 4.69) is 42.7 Å². The van der Waals surface area contributed by atoms with Gasteiger partial charge in [0, 0.05) is 26.7 Å². The molecule has 0 aromatic carbocycles. The third-order valence-corrected chi connectivity index (χ3v) is 2.08. The van der Waals surface area contributed by atoms with Gasteiger partial charge >= 0.3 is 0 Å². The Balaban J connectivity index is 0. The van der Waals surface area contributed by atoms with Crippen LogP contribution in [-0.4, -0.2) is 37.5 Å². The van der Waals surface area contributed by atoms with Crippen molar-refractivity contribution in [2.75, 3.05) is 26.7 Å². The van der Waals surface area contributed by atoms with E-state index in [9.17, 15) is 0 Å². The van der Waals surface area contributed by atoms with Gasteiger partial charge in [-0.2, -0.15) is 0 Å². The van der Waals surface area contributed by atoms with Crippen molar-refractivity contribution in [3.8, 4) is 0 Å². The van der Waals surface area contributed by atoms with Gasteiger partial charge in [0.1, 0.15) is 0 Å². The zero-order valence-corrected chi connectivity index (χ0v) is 13.2. The summed E-state index contributed by atoms with van der Waals surface area (Å²) in [6, 6.07) is 0. The summed E-state index contributed by atoms with van der Waals surface area (Å²) in [4.78, 5) is 6.70. The number of hydrogen-bond donors (Lipinski definition) is 1. The largest absolute Gasteiger partial charge is 0.357 e. The molecule has 0 rings (SSSR count). The minimum atomic E-state index is 0. The Labute approximate surface area is 117 Å². The van der Waals surface area contributed by atoms with Crippen molar-refractivity contribution >= 4 is 29.9 Å². The van der Waals surface area contributed by atoms with Gasteiger partial charge in [0.15, 0.2) is 5.96 Å². The maximum atomic E-state index is 4.52. The number of guanidine groups is 1. The third kappa shape index (κ3) is 9.00. The molecule has 0 heterocycles. The van der Waals surface area contributed by atoms with Crippen LogP contribution < -0.4 is 5.32 Å². The molecule has 0 saturated heterocycles. The summed E-state index contributed by atoms with van der Waals surface area (Å²) in [5.41, 5.74) is 0. The number of allylic oxidation sites excluding steroid dienone is 1. The van der Waals surface area contributed by atoms with E-state index in [-0.39, 0.29) is 24.0 Å². The minimum absolute atomic E-state index is 0. The Hall–Kier alpha value is -0.260. The van der Waals surface area contributed by atoms with Crippen molar-refractivity contribution in [3.05, 3.63) is 12.7 Å².